The van der Waals surface area contributed by atoms with Gasteiger partial charge in [-0.3, -0.25) is 0 Å². The van der Waals surface area contributed by atoms with Crippen molar-refractivity contribution in [1.29, 1.82) is 0 Å². The molecule has 0 bridgehead atoms. The van der Waals surface area contributed by atoms with Gasteiger partial charge in [-0.15, -0.1) is 0 Å². The third kappa shape index (κ3) is 5.27. The zero-order valence-electron chi connectivity index (χ0n) is 9.46. The molecule has 2 heteroatoms. The summed E-state index contributed by atoms with van der Waals surface area (Å²) in [5.41, 5.74) is 5.90. The van der Waals surface area contributed by atoms with E-state index in [1.807, 2.05) is 0 Å². The first-order chi connectivity index (χ1) is 5.99. The Morgan fingerprint density at radius 3 is 2.15 bits per heavy atom. The number of hydrogen-bond donors (Lipinski definition) is 2. The third-order valence-electron chi connectivity index (χ3n) is 2.51. The zero-order chi connectivity index (χ0) is 10.4. The van der Waals surface area contributed by atoms with Crippen LogP contribution in [0.25, 0.3) is 0 Å². The lowest BCUT2D eigenvalue weighted by Gasteiger charge is -2.25. The van der Waals surface area contributed by atoms with Gasteiger partial charge in [-0.25, -0.2) is 0 Å². The van der Waals surface area contributed by atoms with Crippen LogP contribution >= 0.6 is 0 Å². The molecule has 3 atom stereocenters. The predicted octanol–water partition coefficient (Wildman–Crippen LogP) is 2.16. The highest BCUT2D eigenvalue weighted by Crippen LogP contribution is 2.16. The molecule has 0 rings (SSSR count). The molecule has 3 unspecified atom stereocenters. The number of hydrogen-bond acceptors (Lipinski definition) is 2. The van der Waals surface area contributed by atoms with E-state index in [0.717, 1.165) is 19.3 Å². The van der Waals surface area contributed by atoms with Gasteiger partial charge in [0, 0.05) is 6.04 Å². The van der Waals surface area contributed by atoms with Crippen molar-refractivity contribution in [3.63, 3.8) is 0 Å². The Labute approximate surface area is 82.5 Å². The van der Waals surface area contributed by atoms with Crippen LogP contribution in [-0.2, 0) is 0 Å². The first-order valence-electron chi connectivity index (χ1n) is 5.42. The van der Waals surface area contributed by atoms with E-state index >= 15 is 0 Å². The Kier molecular flexibility index (Phi) is 6.35. The highest BCUT2D eigenvalue weighted by Gasteiger charge is 2.21. The Morgan fingerprint density at radius 2 is 1.77 bits per heavy atom. The monoisotopic (exact) mass is 187 g/mol. The van der Waals surface area contributed by atoms with Crippen LogP contribution in [-0.4, -0.2) is 17.3 Å². The molecule has 0 aromatic rings. The van der Waals surface area contributed by atoms with Gasteiger partial charge in [0.25, 0.3) is 0 Å². The van der Waals surface area contributed by atoms with Crippen molar-refractivity contribution in [1.82, 2.24) is 0 Å². The molecule has 0 amide bonds. The zero-order valence-corrected chi connectivity index (χ0v) is 9.46. The summed E-state index contributed by atoms with van der Waals surface area (Å²) in [7, 11) is 0. The minimum atomic E-state index is -0.331. The standard InChI is InChI=1S/C11H25NO/c1-5-6-9(4)11(13)10(12)7-8(2)3/h8-11,13H,5-7,12H2,1-4H3. The normalized spacial score (nSPS) is 18.7. The van der Waals surface area contributed by atoms with Crippen LogP contribution in [0.5, 0.6) is 0 Å². The average Bonchev–Trinajstić information content (AvgIpc) is 2.02. The number of rotatable bonds is 6. The van der Waals surface area contributed by atoms with Gasteiger partial charge in [0.05, 0.1) is 6.10 Å². The Balaban J connectivity index is 3.85. The smallest absolute Gasteiger partial charge is 0.0716 e. The molecule has 0 aliphatic carbocycles. The van der Waals surface area contributed by atoms with Gasteiger partial charge in [0.1, 0.15) is 0 Å². The van der Waals surface area contributed by atoms with Gasteiger partial charge in [0.15, 0.2) is 0 Å². The summed E-state index contributed by atoms with van der Waals surface area (Å²) in [5, 5.41) is 9.84. The fourth-order valence-corrected chi connectivity index (χ4v) is 1.73. The quantitative estimate of drug-likeness (QED) is 0.669. The van der Waals surface area contributed by atoms with Gasteiger partial charge < -0.3 is 10.8 Å². The highest BCUT2D eigenvalue weighted by molar-refractivity contribution is 4.77. The molecule has 0 saturated heterocycles. The fraction of sp³-hybridized carbons (Fsp3) is 1.00. The largest absolute Gasteiger partial charge is 0.391 e. The van der Waals surface area contributed by atoms with Crippen molar-refractivity contribution in [3.05, 3.63) is 0 Å². The van der Waals surface area contributed by atoms with Crippen LogP contribution in [0.2, 0.25) is 0 Å². The van der Waals surface area contributed by atoms with Crippen LogP contribution in [0.4, 0.5) is 0 Å². The molecule has 2 nitrogen and oxygen atoms in total. The third-order valence-corrected chi connectivity index (χ3v) is 2.51. The summed E-state index contributed by atoms with van der Waals surface area (Å²) in [6.45, 7) is 8.49. The minimum absolute atomic E-state index is 0.0541. The van der Waals surface area contributed by atoms with E-state index in [1.165, 1.54) is 0 Å². The predicted molar refractivity (Wildman–Crippen MR) is 57.5 cm³/mol. The maximum absolute atomic E-state index is 9.84. The number of aliphatic hydroxyl groups excluding tert-OH is 1. The van der Waals surface area contributed by atoms with E-state index in [1.54, 1.807) is 0 Å². The van der Waals surface area contributed by atoms with E-state index in [4.69, 9.17) is 5.73 Å². The second-order valence-electron chi connectivity index (χ2n) is 4.55. The van der Waals surface area contributed by atoms with Crippen molar-refractivity contribution in [2.24, 2.45) is 17.6 Å². The van der Waals surface area contributed by atoms with Gasteiger partial charge in [-0.05, 0) is 24.7 Å². The summed E-state index contributed by atoms with van der Waals surface area (Å²) in [6, 6.07) is -0.0541. The molecule has 3 N–H and O–H groups in total. The summed E-state index contributed by atoms with van der Waals surface area (Å²) in [6.07, 6.45) is 2.76. The summed E-state index contributed by atoms with van der Waals surface area (Å²) < 4.78 is 0. The lowest BCUT2D eigenvalue weighted by molar-refractivity contribution is 0.0780. The van der Waals surface area contributed by atoms with Crippen molar-refractivity contribution in [3.8, 4) is 0 Å². The van der Waals surface area contributed by atoms with Gasteiger partial charge in [-0.1, -0.05) is 34.1 Å². The summed E-state index contributed by atoms with van der Waals surface area (Å²) in [4.78, 5) is 0. The summed E-state index contributed by atoms with van der Waals surface area (Å²) >= 11 is 0. The Bertz CT molecular complexity index is 125. The minimum Gasteiger partial charge on any atom is -0.391 e. The van der Waals surface area contributed by atoms with Gasteiger partial charge in [0.2, 0.25) is 0 Å². The van der Waals surface area contributed by atoms with E-state index in [9.17, 15) is 5.11 Å². The van der Waals surface area contributed by atoms with Crippen LogP contribution < -0.4 is 5.73 Å². The summed E-state index contributed by atoms with van der Waals surface area (Å²) in [5.74, 6) is 0.900. The second kappa shape index (κ2) is 6.39. The van der Waals surface area contributed by atoms with E-state index in [0.29, 0.717) is 11.8 Å². The molecular weight excluding hydrogens is 162 g/mol. The second-order valence-corrected chi connectivity index (χ2v) is 4.55. The van der Waals surface area contributed by atoms with Crippen LogP contribution in [0.15, 0.2) is 0 Å². The molecule has 0 fully saturated rings. The molecule has 0 aliphatic rings. The Hall–Kier alpha value is -0.0800. The van der Waals surface area contributed by atoms with Crippen LogP contribution in [0.1, 0.15) is 47.0 Å². The topological polar surface area (TPSA) is 46.2 Å². The first kappa shape index (κ1) is 12.9. The first-order valence-corrected chi connectivity index (χ1v) is 5.42. The van der Waals surface area contributed by atoms with E-state index in [2.05, 4.69) is 27.7 Å². The molecule has 0 aliphatic heterocycles. The Morgan fingerprint density at radius 1 is 1.23 bits per heavy atom. The SMILES string of the molecule is CCCC(C)C(O)C(N)CC(C)C. The van der Waals surface area contributed by atoms with Crippen LogP contribution in [0.3, 0.4) is 0 Å². The van der Waals surface area contributed by atoms with E-state index in [-0.39, 0.29) is 12.1 Å². The molecular formula is C11H25NO. The van der Waals surface area contributed by atoms with Crippen molar-refractivity contribution >= 4 is 0 Å². The van der Waals surface area contributed by atoms with Crippen LogP contribution in [0, 0.1) is 11.8 Å². The molecule has 80 valence electrons. The molecule has 13 heavy (non-hydrogen) atoms. The van der Waals surface area contributed by atoms with Crippen molar-refractivity contribution in [2.75, 3.05) is 0 Å². The van der Waals surface area contributed by atoms with Gasteiger partial charge in [-0.2, -0.15) is 0 Å². The van der Waals surface area contributed by atoms with E-state index < -0.39 is 0 Å². The lowest BCUT2D eigenvalue weighted by atomic mass is 9.90. The lowest BCUT2D eigenvalue weighted by Crippen LogP contribution is -2.40. The molecule has 0 spiro atoms. The van der Waals surface area contributed by atoms with Gasteiger partial charge >= 0.3 is 0 Å². The molecule has 0 aromatic carbocycles. The maximum atomic E-state index is 9.84. The maximum Gasteiger partial charge on any atom is 0.0716 e. The number of aliphatic hydroxyl groups is 1. The van der Waals surface area contributed by atoms with Crippen molar-refractivity contribution in [2.45, 2.75) is 59.1 Å². The molecule has 0 heterocycles. The average molecular weight is 187 g/mol. The molecule has 0 radical (unpaired) electrons. The van der Waals surface area contributed by atoms with Crippen molar-refractivity contribution < 1.29 is 5.11 Å². The highest BCUT2D eigenvalue weighted by atomic mass is 16.3. The fourth-order valence-electron chi connectivity index (χ4n) is 1.73. The number of nitrogens with two attached hydrogens (primary N) is 1. The molecule has 0 aromatic heterocycles. The molecule has 0 saturated carbocycles.